The smallest absolute Gasteiger partial charge is 0.130 e. The third-order valence-corrected chi connectivity index (χ3v) is 2.49. The van der Waals surface area contributed by atoms with Crippen LogP contribution in [-0.4, -0.2) is 6.54 Å². The summed E-state index contributed by atoms with van der Waals surface area (Å²) >= 11 is 3.36. The van der Waals surface area contributed by atoms with E-state index in [1.165, 1.54) is 0 Å². The molecule has 0 aliphatic rings. The molecule has 1 aromatic rings. The number of halogens is 2. The van der Waals surface area contributed by atoms with Crippen molar-refractivity contribution < 1.29 is 4.39 Å². The molecule has 0 spiro atoms. The Kier molecular flexibility index (Phi) is 4.55. The minimum Gasteiger partial charge on any atom is -0.313 e. The van der Waals surface area contributed by atoms with Crippen molar-refractivity contribution in [2.75, 3.05) is 6.54 Å². The predicted molar refractivity (Wildman–Crippen MR) is 60.8 cm³/mol. The summed E-state index contributed by atoms with van der Waals surface area (Å²) in [6, 6.07) is 3.61. The van der Waals surface area contributed by atoms with Gasteiger partial charge in [0, 0.05) is 16.6 Å². The average Bonchev–Trinajstić information content (AvgIpc) is 2.13. The van der Waals surface area contributed by atoms with E-state index < -0.39 is 0 Å². The minimum atomic E-state index is -0.100. The van der Waals surface area contributed by atoms with Gasteiger partial charge in [-0.25, -0.2) is 4.39 Å². The Bertz CT molecular complexity index is 312. The van der Waals surface area contributed by atoms with E-state index in [4.69, 9.17) is 0 Å². The number of hydrogen-bond acceptors (Lipinski definition) is 1. The van der Waals surface area contributed by atoms with E-state index in [9.17, 15) is 4.39 Å². The van der Waals surface area contributed by atoms with Crippen molar-refractivity contribution in [1.82, 2.24) is 5.32 Å². The van der Waals surface area contributed by atoms with Crippen LogP contribution in [0.25, 0.3) is 0 Å². The van der Waals surface area contributed by atoms with Gasteiger partial charge in [-0.3, -0.25) is 0 Å². The van der Waals surface area contributed by atoms with E-state index in [0.717, 1.165) is 23.0 Å². The van der Waals surface area contributed by atoms with Crippen LogP contribution in [0.5, 0.6) is 0 Å². The zero-order valence-electron chi connectivity index (χ0n) is 8.53. The standard InChI is InChI=1S/C11H15BrFN/c1-3-4-14-7-9-6-10(12)5-8(2)11(9)13/h5-6,14H,3-4,7H2,1-2H3. The third-order valence-electron chi connectivity index (χ3n) is 2.04. The summed E-state index contributed by atoms with van der Waals surface area (Å²) < 4.78 is 14.5. The van der Waals surface area contributed by atoms with Crippen LogP contribution < -0.4 is 5.32 Å². The lowest BCUT2D eigenvalue weighted by atomic mass is 10.1. The van der Waals surface area contributed by atoms with Crippen molar-refractivity contribution in [3.05, 3.63) is 33.5 Å². The maximum absolute atomic E-state index is 13.5. The van der Waals surface area contributed by atoms with E-state index in [0.29, 0.717) is 12.1 Å². The fraction of sp³-hybridized carbons (Fsp3) is 0.455. The summed E-state index contributed by atoms with van der Waals surface area (Å²) in [6.45, 7) is 5.39. The first-order chi connectivity index (χ1) is 6.65. The third kappa shape index (κ3) is 3.07. The molecule has 0 saturated carbocycles. The molecule has 78 valence electrons. The van der Waals surface area contributed by atoms with Crippen LogP contribution in [0.15, 0.2) is 16.6 Å². The van der Waals surface area contributed by atoms with E-state index >= 15 is 0 Å². The number of nitrogens with one attached hydrogen (secondary N) is 1. The van der Waals surface area contributed by atoms with Crippen LogP contribution in [0.4, 0.5) is 4.39 Å². The lowest BCUT2D eigenvalue weighted by Crippen LogP contribution is -2.15. The first-order valence-electron chi connectivity index (χ1n) is 4.80. The van der Waals surface area contributed by atoms with Gasteiger partial charge in [-0.15, -0.1) is 0 Å². The molecule has 0 radical (unpaired) electrons. The fourth-order valence-corrected chi connectivity index (χ4v) is 1.94. The van der Waals surface area contributed by atoms with Crippen LogP contribution in [0.2, 0.25) is 0 Å². The molecule has 0 aliphatic heterocycles. The maximum Gasteiger partial charge on any atom is 0.130 e. The molecule has 0 heterocycles. The highest BCUT2D eigenvalue weighted by Gasteiger charge is 2.05. The highest BCUT2D eigenvalue weighted by Crippen LogP contribution is 2.19. The molecular weight excluding hydrogens is 245 g/mol. The van der Waals surface area contributed by atoms with E-state index in [2.05, 4.69) is 28.2 Å². The molecule has 1 rings (SSSR count). The van der Waals surface area contributed by atoms with Crippen LogP contribution in [0, 0.1) is 12.7 Å². The molecule has 0 atom stereocenters. The quantitative estimate of drug-likeness (QED) is 0.818. The molecule has 0 fully saturated rings. The minimum absolute atomic E-state index is 0.100. The predicted octanol–water partition coefficient (Wildman–Crippen LogP) is 3.40. The summed E-state index contributed by atoms with van der Waals surface area (Å²) in [5.74, 6) is -0.100. The second-order valence-electron chi connectivity index (χ2n) is 3.37. The first kappa shape index (κ1) is 11.7. The Morgan fingerprint density at radius 1 is 1.43 bits per heavy atom. The molecule has 0 aromatic heterocycles. The lowest BCUT2D eigenvalue weighted by molar-refractivity contribution is 0.579. The van der Waals surface area contributed by atoms with Crippen LogP contribution in [-0.2, 0) is 6.54 Å². The second kappa shape index (κ2) is 5.47. The molecule has 14 heavy (non-hydrogen) atoms. The average molecular weight is 260 g/mol. The fourth-order valence-electron chi connectivity index (χ4n) is 1.32. The largest absolute Gasteiger partial charge is 0.313 e. The molecule has 1 aromatic carbocycles. The van der Waals surface area contributed by atoms with Gasteiger partial charge in [-0.1, -0.05) is 22.9 Å². The number of hydrogen-bond donors (Lipinski definition) is 1. The summed E-state index contributed by atoms with van der Waals surface area (Å²) in [4.78, 5) is 0. The topological polar surface area (TPSA) is 12.0 Å². The summed E-state index contributed by atoms with van der Waals surface area (Å²) in [7, 11) is 0. The SMILES string of the molecule is CCCNCc1cc(Br)cc(C)c1F. The first-order valence-corrected chi connectivity index (χ1v) is 5.59. The van der Waals surface area contributed by atoms with E-state index in [1.54, 1.807) is 13.0 Å². The summed E-state index contributed by atoms with van der Waals surface area (Å²) in [6.07, 6.45) is 1.06. The van der Waals surface area contributed by atoms with Gasteiger partial charge in [0.1, 0.15) is 5.82 Å². The van der Waals surface area contributed by atoms with Gasteiger partial charge in [-0.05, 0) is 37.6 Å². The van der Waals surface area contributed by atoms with Gasteiger partial charge >= 0.3 is 0 Å². The van der Waals surface area contributed by atoms with Crippen LogP contribution in [0.3, 0.4) is 0 Å². The molecule has 1 N–H and O–H groups in total. The molecule has 0 saturated heterocycles. The number of rotatable bonds is 4. The van der Waals surface area contributed by atoms with Gasteiger partial charge in [0.05, 0.1) is 0 Å². The molecule has 3 heteroatoms. The van der Waals surface area contributed by atoms with Gasteiger partial charge in [0.2, 0.25) is 0 Å². The van der Waals surface area contributed by atoms with E-state index in [-0.39, 0.29) is 5.82 Å². The molecular formula is C11H15BrFN. The van der Waals surface area contributed by atoms with Crippen molar-refractivity contribution >= 4 is 15.9 Å². The van der Waals surface area contributed by atoms with Crippen molar-refractivity contribution in [3.8, 4) is 0 Å². The summed E-state index contributed by atoms with van der Waals surface area (Å²) in [5, 5.41) is 3.19. The maximum atomic E-state index is 13.5. The van der Waals surface area contributed by atoms with Gasteiger partial charge in [-0.2, -0.15) is 0 Å². The molecule has 0 amide bonds. The molecule has 1 nitrogen and oxygen atoms in total. The van der Waals surface area contributed by atoms with Gasteiger partial charge in [0.15, 0.2) is 0 Å². The van der Waals surface area contributed by atoms with E-state index in [1.807, 2.05) is 6.07 Å². The number of aryl methyl sites for hydroxylation is 1. The second-order valence-corrected chi connectivity index (χ2v) is 4.29. The van der Waals surface area contributed by atoms with Crippen molar-refractivity contribution in [2.45, 2.75) is 26.8 Å². The van der Waals surface area contributed by atoms with Crippen LogP contribution >= 0.6 is 15.9 Å². The number of benzene rings is 1. The zero-order valence-corrected chi connectivity index (χ0v) is 10.1. The normalized spacial score (nSPS) is 10.6. The molecule has 0 unspecified atom stereocenters. The zero-order chi connectivity index (χ0) is 10.6. The van der Waals surface area contributed by atoms with Crippen molar-refractivity contribution in [1.29, 1.82) is 0 Å². The van der Waals surface area contributed by atoms with Crippen molar-refractivity contribution in [2.24, 2.45) is 0 Å². The Morgan fingerprint density at radius 3 is 2.79 bits per heavy atom. The van der Waals surface area contributed by atoms with Gasteiger partial charge in [0.25, 0.3) is 0 Å². The Balaban J connectivity index is 2.75. The highest BCUT2D eigenvalue weighted by molar-refractivity contribution is 9.10. The summed E-state index contributed by atoms with van der Waals surface area (Å²) in [5.41, 5.74) is 1.41. The molecule has 0 aliphatic carbocycles. The van der Waals surface area contributed by atoms with Gasteiger partial charge < -0.3 is 5.32 Å². The van der Waals surface area contributed by atoms with Crippen molar-refractivity contribution in [3.63, 3.8) is 0 Å². The highest BCUT2D eigenvalue weighted by atomic mass is 79.9. The Hall–Kier alpha value is -0.410. The Morgan fingerprint density at radius 2 is 2.14 bits per heavy atom. The Labute approximate surface area is 92.8 Å². The molecule has 0 bridgehead atoms. The monoisotopic (exact) mass is 259 g/mol. The van der Waals surface area contributed by atoms with Crippen LogP contribution in [0.1, 0.15) is 24.5 Å². The lowest BCUT2D eigenvalue weighted by Gasteiger charge is -2.07.